The first-order chi connectivity index (χ1) is 11.7. The molecule has 24 heavy (non-hydrogen) atoms. The smallest absolute Gasteiger partial charge is 0.226 e. The van der Waals surface area contributed by atoms with Gasteiger partial charge in [0.25, 0.3) is 0 Å². The highest BCUT2D eigenvalue weighted by Gasteiger charge is 2.12. The molecule has 3 rings (SSSR count). The minimum Gasteiger partial charge on any atom is -0.497 e. The normalized spacial score (nSPS) is 10.8. The number of aliphatic hydroxyl groups is 1. The maximum atomic E-state index is 8.91. The fourth-order valence-electron chi connectivity index (χ4n) is 2.31. The van der Waals surface area contributed by atoms with Crippen LogP contribution in [0.4, 0.5) is 17.5 Å². The highest BCUT2D eigenvalue weighted by Crippen LogP contribution is 2.26. The average Bonchev–Trinajstić information content (AvgIpc) is 2.97. The lowest BCUT2D eigenvalue weighted by Crippen LogP contribution is -2.09. The molecule has 0 aliphatic rings. The van der Waals surface area contributed by atoms with E-state index in [1.54, 1.807) is 18.0 Å². The Morgan fingerprint density at radius 2 is 2.17 bits per heavy atom. The van der Waals surface area contributed by atoms with Gasteiger partial charge in [0, 0.05) is 32.0 Å². The molecule has 0 aliphatic carbocycles. The lowest BCUT2D eigenvalue weighted by Gasteiger charge is -2.11. The highest BCUT2D eigenvalue weighted by molar-refractivity contribution is 5.89. The summed E-state index contributed by atoms with van der Waals surface area (Å²) in [5, 5.41) is 20.4. The van der Waals surface area contributed by atoms with Gasteiger partial charge in [-0.15, -0.1) is 0 Å². The third-order valence-electron chi connectivity index (χ3n) is 3.54. The maximum Gasteiger partial charge on any atom is 0.226 e. The third kappa shape index (κ3) is 3.38. The van der Waals surface area contributed by atoms with E-state index in [1.807, 2.05) is 31.3 Å². The Labute approximate surface area is 139 Å². The predicted octanol–water partition coefficient (Wildman–Crippen LogP) is 1.91. The molecule has 0 saturated heterocycles. The number of methoxy groups -OCH3 is 1. The zero-order valence-electron chi connectivity index (χ0n) is 13.7. The van der Waals surface area contributed by atoms with Crippen LogP contribution < -0.4 is 15.4 Å². The van der Waals surface area contributed by atoms with E-state index in [0.717, 1.165) is 22.5 Å². The summed E-state index contributed by atoms with van der Waals surface area (Å²) in [7, 11) is 3.47. The number of nitrogens with one attached hydrogen (secondary N) is 2. The largest absolute Gasteiger partial charge is 0.497 e. The van der Waals surface area contributed by atoms with Gasteiger partial charge in [0.2, 0.25) is 5.95 Å². The van der Waals surface area contributed by atoms with Crippen LogP contribution in [0.1, 0.15) is 6.42 Å². The maximum absolute atomic E-state index is 8.91. The SMILES string of the molecule is COc1cccc(Nc2nc(NCCCO)nc3c2cnn3C)c1. The van der Waals surface area contributed by atoms with Crippen LogP contribution in [-0.4, -0.2) is 45.1 Å². The Morgan fingerprint density at radius 1 is 1.29 bits per heavy atom. The number of hydrogen-bond acceptors (Lipinski definition) is 7. The summed E-state index contributed by atoms with van der Waals surface area (Å²) in [6.07, 6.45) is 2.36. The number of aliphatic hydroxyl groups excluding tert-OH is 1. The summed E-state index contributed by atoms with van der Waals surface area (Å²) in [4.78, 5) is 9.00. The number of benzene rings is 1. The number of aryl methyl sites for hydroxylation is 1. The van der Waals surface area contributed by atoms with Crippen LogP contribution in [0, 0.1) is 0 Å². The van der Waals surface area contributed by atoms with E-state index < -0.39 is 0 Å². The van der Waals surface area contributed by atoms with Gasteiger partial charge in [-0.1, -0.05) is 6.07 Å². The van der Waals surface area contributed by atoms with Crippen LogP contribution in [0.2, 0.25) is 0 Å². The Kier molecular flexibility index (Phi) is 4.76. The molecule has 0 radical (unpaired) electrons. The number of aromatic nitrogens is 4. The van der Waals surface area contributed by atoms with Crippen molar-refractivity contribution in [1.29, 1.82) is 0 Å². The van der Waals surface area contributed by atoms with Gasteiger partial charge in [0.05, 0.1) is 18.7 Å². The summed E-state index contributed by atoms with van der Waals surface area (Å²) in [6, 6.07) is 7.62. The van der Waals surface area contributed by atoms with E-state index in [-0.39, 0.29) is 6.61 Å². The molecule has 0 spiro atoms. The molecule has 0 saturated carbocycles. The third-order valence-corrected chi connectivity index (χ3v) is 3.54. The second-order valence-electron chi connectivity index (χ2n) is 5.26. The summed E-state index contributed by atoms with van der Waals surface area (Å²) >= 11 is 0. The number of fused-ring (bicyclic) bond motifs is 1. The molecule has 0 atom stereocenters. The van der Waals surface area contributed by atoms with Gasteiger partial charge in [0.1, 0.15) is 11.6 Å². The van der Waals surface area contributed by atoms with E-state index in [1.165, 1.54) is 0 Å². The van der Waals surface area contributed by atoms with Crippen molar-refractivity contribution in [3.63, 3.8) is 0 Å². The number of hydrogen-bond donors (Lipinski definition) is 3. The van der Waals surface area contributed by atoms with Crippen molar-refractivity contribution >= 4 is 28.5 Å². The molecule has 2 aromatic heterocycles. The van der Waals surface area contributed by atoms with Crippen molar-refractivity contribution < 1.29 is 9.84 Å². The Bertz CT molecular complexity index is 833. The van der Waals surface area contributed by atoms with Gasteiger partial charge in [-0.05, 0) is 18.6 Å². The van der Waals surface area contributed by atoms with Crippen LogP contribution in [-0.2, 0) is 7.05 Å². The molecule has 2 heterocycles. The standard InChI is InChI=1S/C16H20N6O2/c1-22-15-13(10-18-22)14(20-16(21-15)17-7-4-8-23)19-11-5-3-6-12(9-11)24-2/h3,5-6,9-10,23H,4,7-8H2,1-2H3,(H2,17,19,20,21). The van der Waals surface area contributed by atoms with Crippen LogP contribution in [0.25, 0.3) is 11.0 Å². The fraction of sp³-hybridized carbons (Fsp3) is 0.312. The first-order valence-electron chi connectivity index (χ1n) is 7.67. The van der Waals surface area contributed by atoms with Crippen molar-refractivity contribution in [3.05, 3.63) is 30.5 Å². The van der Waals surface area contributed by atoms with Crippen LogP contribution in [0.3, 0.4) is 0 Å². The summed E-state index contributed by atoms with van der Waals surface area (Å²) < 4.78 is 6.95. The number of nitrogens with zero attached hydrogens (tertiary/aromatic N) is 4. The predicted molar refractivity (Wildman–Crippen MR) is 92.8 cm³/mol. The summed E-state index contributed by atoms with van der Waals surface area (Å²) in [6.45, 7) is 0.717. The lowest BCUT2D eigenvalue weighted by atomic mass is 10.3. The Hall–Kier alpha value is -2.87. The summed E-state index contributed by atoms with van der Waals surface area (Å²) in [5.74, 6) is 1.91. The van der Waals surface area contributed by atoms with Crippen LogP contribution in [0.5, 0.6) is 5.75 Å². The zero-order chi connectivity index (χ0) is 16.9. The minimum atomic E-state index is 0.121. The van der Waals surface area contributed by atoms with E-state index in [2.05, 4.69) is 25.7 Å². The van der Waals surface area contributed by atoms with Gasteiger partial charge in [0.15, 0.2) is 5.65 Å². The van der Waals surface area contributed by atoms with E-state index in [0.29, 0.717) is 24.7 Å². The van der Waals surface area contributed by atoms with Gasteiger partial charge < -0.3 is 20.5 Å². The van der Waals surface area contributed by atoms with Crippen LogP contribution >= 0.6 is 0 Å². The topological polar surface area (TPSA) is 97.1 Å². The van der Waals surface area contributed by atoms with E-state index in [9.17, 15) is 0 Å². The lowest BCUT2D eigenvalue weighted by molar-refractivity contribution is 0.292. The molecule has 126 valence electrons. The van der Waals surface area contributed by atoms with Crippen LogP contribution in [0.15, 0.2) is 30.5 Å². The fourth-order valence-corrected chi connectivity index (χ4v) is 2.31. The Morgan fingerprint density at radius 3 is 2.96 bits per heavy atom. The first-order valence-corrected chi connectivity index (χ1v) is 7.67. The number of ether oxygens (including phenoxy) is 1. The second-order valence-corrected chi connectivity index (χ2v) is 5.26. The van der Waals surface area contributed by atoms with Gasteiger partial charge in [-0.3, -0.25) is 4.68 Å². The minimum absolute atomic E-state index is 0.121. The first kappa shape index (κ1) is 16.0. The molecule has 3 aromatic rings. The molecule has 1 aromatic carbocycles. The second kappa shape index (κ2) is 7.14. The van der Waals surface area contributed by atoms with E-state index >= 15 is 0 Å². The van der Waals surface area contributed by atoms with E-state index in [4.69, 9.17) is 9.84 Å². The average molecular weight is 328 g/mol. The van der Waals surface area contributed by atoms with Gasteiger partial charge in [-0.2, -0.15) is 15.1 Å². The van der Waals surface area contributed by atoms with Crippen molar-refractivity contribution in [2.75, 3.05) is 30.9 Å². The summed E-state index contributed by atoms with van der Waals surface area (Å²) in [5.41, 5.74) is 1.58. The molecule has 0 fully saturated rings. The monoisotopic (exact) mass is 328 g/mol. The molecular weight excluding hydrogens is 308 g/mol. The number of rotatable bonds is 7. The quantitative estimate of drug-likeness (QED) is 0.570. The molecule has 0 aliphatic heterocycles. The molecule has 8 heteroatoms. The molecular formula is C16H20N6O2. The molecule has 0 amide bonds. The van der Waals surface area contributed by atoms with Crippen molar-refractivity contribution in [2.45, 2.75) is 6.42 Å². The molecule has 3 N–H and O–H groups in total. The molecule has 0 unspecified atom stereocenters. The molecule has 0 bridgehead atoms. The molecule has 8 nitrogen and oxygen atoms in total. The van der Waals surface area contributed by atoms with Crippen molar-refractivity contribution in [2.24, 2.45) is 7.05 Å². The highest BCUT2D eigenvalue weighted by atomic mass is 16.5. The van der Waals surface area contributed by atoms with Crippen molar-refractivity contribution in [3.8, 4) is 5.75 Å². The number of anilines is 3. The van der Waals surface area contributed by atoms with Crippen molar-refractivity contribution in [1.82, 2.24) is 19.7 Å². The van der Waals surface area contributed by atoms with Gasteiger partial charge >= 0.3 is 0 Å². The van der Waals surface area contributed by atoms with Gasteiger partial charge in [-0.25, -0.2) is 0 Å². The Balaban J connectivity index is 1.95. The zero-order valence-corrected chi connectivity index (χ0v) is 13.7.